The normalized spacial score (nSPS) is 19.6. The van der Waals surface area contributed by atoms with E-state index in [-0.39, 0.29) is 19.2 Å². The van der Waals surface area contributed by atoms with Crippen LogP contribution in [0, 0.1) is 0 Å². The highest BCUT2D eigenvalue weighted by Crippen LogP contribution is 2.23. The maximum absolute atomic E-state index is 12.9. The third kappa shape index (κ3) is 39.4. The predicted octanol–water partition coefficient (Wildman–Crippen LogP) is 14.4. The average Bonchev–Trinajstić information content (AvgIpc) is 3.34. The summed E-state index contributed by atoms with van der Waals surface area (Å²) in [5.74, 6) is -0.319. The molecule has 1 saturated heterocycles. The minimum absolute atomic E-state index is 0.123. The van der Waals surface area contributed by atoms with E-state index >= 15 is 0 Å². The van der Waals surface area contributed by atoms with Crippen molar-refractivity contribution >= 4 is 5.97 Å². The first kappa shape index (κ1) is 63.6. The first-order chi connectivity index (χ1) is 33.4. The fourth-order valence-corrected chi connectivity index (χ4v) is 8.32. The number of hydrogen-bond donors (Lipinski definition) is 4. The molecular weight excluding hydrogens is 853 g/mol. The third-order valence-electron chi connectivity index (χ3n) is 12.6. The molecule has 0 amide bonds. The van der Waals surface area contributed by atoms with Crippen LogP contribution in [0.15, 0.2) is 72.9 Å². The quantitative estimate of drug-likeness (QED) is 0.0267. The first-order valence-corrected chi connectivity index (χ1v) is 28.0. The van der Waals surface area contributed by atoms with Crippen LogP contribution >= 0.6 is 0 Å². The smallest absolute Gasteiger partial charge is 0.306 e. The number of aliphatic hydroxyl groups is 4. The zero-order valence-corrected chi connectivity index (χ0v) is 43.6. The van der Waals surface area contributed by atoms with Gasteiger partial charge in [0.05, 0.1) is 19.8 Å². The predicted molar refractivity (Wildman–Crippen MR) is 284 cm³/mol. The van der Waals surface area contributed by atoms with Crippen molar-refractivity contribution in [3.63, 3.8) is 0 Å². The van der Waals surface area contributed by atoms with Crippen molar-refractivity contribution in [1.82, 2.24) is 0 Å². The summed E-state index contributed by atoms with van der Waals surface area (Å²) in [5, 5.41) is 40.3. The van der Waals surface area contributed by atoms with Gasteiger partial charge >= 0.3 is 5.97 Å². The van der Waals surface area contributed by atoms with Crippen LogP contribution in [0.2, 0.25) is 0 Å². The van der Waals surface area contributed by atoms with Crippen molar-refractivity contribution in [3.05, 3.63) is 72.9 Å². The molecule has 9 nitrogen and oxygen atoms in total. The molecule has 9 heteroatoms. The van der Waals surface area contributed by atoms with Crippen LogP contribution in [-0.2, 0) is 23.7 Å². The van der Waals surface area contributed by atoms with E-state index < -0.39 is 43.4 Å². The highest BCUT2D eigenvalue weighted by Gasteiger charge is 2.44. The summed E-state index contributed by atoms with van der Waals surface area (Å²) in [4.78, 5) is 12.9. The Hall–Kier alpha value is -2.37. The van der Waals surface area contributed by atoms with E-state index in [0.717, 1.165) is 89.9 Å². The van der Waals surface area contributed by atoms with Crippen molar-refractivity contribution in [1.29, 1.82) is 0 Å². The molecule has 68 heavy (non-hydrogen) atoms. The highest BCUT2D eigenvalue weighted by atomic mass is 16.7. The Morgan fingerprint density at radius 1 is 0.485 bits per heavy atom. The molecule has 1 aliphatic rings. The molecule has 1 fully saturated rings. The molecule has 0 aromatic heterocycles. The van der Waals surface area contributed by atoms with Crippen LogP contribution in [0.25, 0.3) is 0 Å². The van der Waals surface area contributed by atoms with Gasteiger partial charge in [0.1, 0.15) is 30.5 Å². The maximum Gasteiger partial charge on any atom is 0.306 e. The Balaban J connectivity index is 2.19. The van der Waals surface area contributed by atoms with Crippen molar-refractivity contribution in [3.8, 4) is 0 Å². The van der Waals surface area contributed by atoms with Crippen LogP contribution in [0.4, 0.5) is 0 Å². The molecule has 0 saturated carbocycles. The van der Waals surface area contributed by atoms with Gasteiger partial charge in [0.15, 0.2) is 6.29 Å². The zero-order valence-electron chi connectivity index (χ0n) is 43.6. The monoisotopic (exact) mass is 957 g/mol. The van der Waals surface area contributed by atoms with Gasteiger partial charge < -0.3 is 39.4 Å². The van der Waals surface area contributed by atoms with Crippen molar-refractivity contribution in [2.75, 3.05) is 26.4 Å². The topological polar surface area (TPSA) is 135 Å². The largest absolute Gasteiger partial charge is 0.457 e. The number of unbranched alkanes of at least 4 members (excludes halogenated alkanes) is 25. The Morgan fingerprint density at radius 3 is 1.35 bits per heavy atom. The number of carbonyl (C=O) groups is 1. The van der Waals surface area contributed by atoms with Gasteiger partial charge in [-0.2, -0.15) is 0 Å². The van der Waals surface area contributed by atoms with Crippen LogP contribution in [0.3, 0.4) is 0 Å². The standard InChI is InChI=1S/C59H104O9/c1-3-5-7-9-11-13-15-17-19-21-23-25-26-27-29-31-33-35-37-39-41-43-45-47-49-65-51-53(52-66-59-58(64)57(63)56(62)54(50-60)68-59)67-55(61)48-46-44-42-40-38-36-34-32-30-28-24-22-20-18-16-14-12-10-8-6-4-2/h5,7,11,13,17,19,23,25,27,29,33,35,53-54,56-60,62-64H,3-4,6,8-10,12,14-16,18,20-22,24,26,28,30-32,34,36-52H2,1-2H3/b7-5-,13-11-,19-17-,25-23-,29-27-,35-33-. The molecular formula is C59H104O9. The van der Waals surface area contributed by atoms with Gasteiger partial charge in [-0.25, -0.2) is 0 Å². The van der Waals surface area contributed by atoms with Crippen LogP contribution in [0.5, 0.6) is 0 Å². The number of ether oxygens (including phenoxy) is 4. The number of esters is 1. The van der Waals surface area contributed by atoms with E-state index in [9.17, 15) is 25.2 Å². The molecule has 1 rings (SSSR count). The lowest BCUT2D eigenvalue weighted by atomic mass is 9.99. The molecule has 0 radical (unpaired) electrons. The van der Waals surface area contributed by atoms with Gasteiger partial charge in [-0.05, 0) is 64.2 Å². The number of aliphatic hydroxyl groups excluding tert-OH is 4. The van der Waals surface area contributed by atoms with Gasteiger partial charge in [0.25, 0.3) is 0 Å². The second kappa shape index (κ2) is 49.6. The molecule has 0 bridgehead atoms. The number of rotatable bonds is 48. The molecule has 0 aromatic rings. The minimum atomic E-state index is -1.54. The Morgan fingerprint density at radius 2 is 0.897 bits per heavy atom. The summed E-state index contributed by atoms with van der Waals surface area (Å²) < 4.78 is 22.9. The van der Waals surface area contributed by atoms with Crippen molar-refractivity contribution < 1.29 is 44.2 Å². The Labute approximate surface area is 417 Å². The van der Waals surface area contributed by atoms with Gasteiger partial charge in [0, 0.05) is 13.0 Å². The molecule has 0 aromatic carbocycles. The second-order valence-electron chi connectivity index (χ2n) is 19.0. The summed E-state index contributed by atoms with van der Waals surface area (Å²) in [6, 6.07) is 0. The fraction of sp³-hybridized carbons (Fsp3) is 0.780. The molecule has 1 heterocycles. The number of allylic oxidation sites excluding steroid dienone is 12. The molecule has 4 N–H and O–H groups in total. The van der Waals surface area contributed by atoms with E-state index in [2.05, 4.69) is 86.8 Å². The SMILES string of the molecule is CC/C=C\C/C=C\C/C=C\C/C=C\C/C=C\C/C=C\CCCCCCCOCC(COC1OC(CO)C(O)C(O)C1O)OC(=O)CCCCCCCCCCCCCCCCCCCCCCC. The highest BCUT2D eigenvalue weighted by molar-refractivity contribution is 5.69. The lowest BCUT2D eigenvalue weighted by Crippen LogP contribution is -2.59. The summed E-state index contributed by atoms with van der Waals surface area (Å²) >= 11 is 0. The average molecular weight is 957 g/mol. The molecule has 0 aliphatic carbocycles. The maximum atomic E-state index is 12.9. The Bertz CT molecular complexity index is 1270. The minimum Gasteiger partial charge on any atom is -0.457 e. The summed E-state index contributed by atoms with van der Waals surface area (Å²) in [6.45, 7) is 4.43. The molecule has 394 valence electrons. The second-order valence-corrected chi connectivity index (χ2v) is 19.0. The lowest BCUT2D eigenvalue weighted by Gasteiger charge is -2.39. The number of carbonyl (C=O) groups excluding carboxylic acids is 1. The molecule has 6 unspecified atom stereocenters. The van der Waals surface area contributed by atoms with E-state index in [4.69, 9.17) is 18.9 Å². The Kier molecular flexibility index (Phi) is 46.4. The van der Waals surface area contributed by atoms with Crippen molar-refractivity contribution in [2.24, 2.45) is 0 Å². The molecule has 6 atom stereocenters. The van der Waals surface area contributed by atoms with Crippen LogP contribution in [-0.4, -0.2) is 89.6 Å². The zero-order chi connectivity index (χ0) is 49.2. The van der Waals surface area contributed by atoms with Crippen molar-refractivity contribution in [2.45, 2.75) is 269 Å². The number of hydrogen-bond acceptors (Lipinski definition) is 9. The van der Waals surface area contributed by atoms with Crippen LogP contribution < -0.4 is 0 Å². The van der Waals surface area contributed by atoms with Gasteiger partial charge in [-0.15, -0.1) is 0 Å². The van der Waals surface area contributed by atoms with Gasteiger partial charge in [-0.3, -0.25) is 4.79 Å². The summed E-state index contributed by atoms with van der Waals surface area (Å²) in [5.41, 5.74) is 0. The fourth-order valence-electron chi connectivity index (χ4n) is 8.32. The van der Waals surface area contributed by atoms with Crippen LogP contribution in [0.1, 0.15) is 232 Å². The van der Waals surface area contributed by atoms with Gasteiger partial charge in [-0.1, -0.05) is 234 Å². The molecule has 1 aliphatic heterocycles. The third-order valence-corrected chi connectivity index (χ3v) is 12.6. The molecule has 0 spiro atoms. The summed E-state index contributed by atoms with van der Waals surface area (Å²) in [6.07, 6.45) is 59.4. The summed E-state index contributed by atoms with van der Waals surface area (Å²) in [7, 11) is 0. The first-order valence-electron chi connectivity index (χ1n) is 28.0. The van der Waals surface area contributed by atoms with E-state index in [1.807, 2.05) is 0 Å². The lowest BCUT2D eigenvalue weighted by molar-refractivity contribution is -0.305. The van der Waals surface area contributed by atoms with Gasteiger partial charge in [0.2, 0.25) is 0 Å². The van der Waals surface area contributed by atoms with E-state index in [1.165, 1.54) is 122 Å². The van der Waals surface area contributed by atoms with E-state index in [0.29, 0.717) is 13.0 Å². The van der Waals surface area contributed by atoms with E-state index in [1.54, 1.807) is 0 Å².